The highest BCUT2D eigenvalue weighted by molar-refractivity contribution is 9.10. The molecule has 9 heteroatoms. The van der Waals surface area contributed by atoms with Crippen LogP contribution in [0.15, 0.2) is 57.4 Å². The van der Waals surface area contributed by atoms with Crippen LogP contribution in [0.4, 0.5) is 5.69 Å². The lowest BCUT2D eigenvalue weighted by Gasteiger charge is -2.13. The molecule has 0 bridgehead atoms. The topological polar surface area (TPSA) is 83.7 Å². The first-order valence-corrected chi connectivity index (χ1v) is 10.5. The van der Waals surface area contributed by atoms with Gasteiger partial charge in [0.1, 0.15) is 23.9 Å². The second kappa shape index (κ2) is 10.1. The second-order valence-corrected chi connectivity index (χ2v) is 7.77. The standard InChI is InChI=1S/C21H18BrClN2O4S/c1-2-28-19-7-4-13(9-15(19)22)20(27)25-21(30)24-17-10-12(3-6-16(17)23)18-8-5-14(11-26)29-18/h3-10,26H,2,11H2,1H3,(H2,24,25,27,30). The molecule has 6 nitrogen and oxygen atoms in total. The Bertz CT molecular complexity index is 1090. The number of nitrogens with one attached hydrogen (secondary N) is 2. The number of carbonyl (C=O) groups is 1. The summed E-state index contributed by atoms with van der Waals surface area (Å²) >= 11 is 14.9. The average molecular weight is 510 g/mol. The second-order valence-electron chi connectivity index (χ2n) is 6.11. The average Bonchev–Trinajstić information content (AvgIpc) is 3.20. The number of amides is 1. The van der Waals surface area contributed by atoms with Gasteiger partial charge in [-0.05, 0) is 83.6 Å². The summed E-state index contributed by atoms with van der Waals surface area (Å²) in [5.41, 5.74) is 1.67. The van der Waals surface area contributed by atoms with E-state index in [1.807, 2.05) is 6.92 Å². The summed E-state index contributed by atoms with van der Waals surface area (Å²) in [6.45, 7) is 2.22. The van der Waals surface area contributed by atoms with Crippen molar-refractivity contribution in [2.24, 2.45) is 0 Å². The number of aliphatic hydroxyl groups excluding tert-OH is 1. The molecule has 3 rings (SSSR count). The lowest BCUT2D eigenvalue weighted by Crippen LogP contribution is -2.34. The first-order valence-electron chi connectivity index (χ1n) is 8.95. The quantitative estimate of drug-likeness (QED) is 0.387. The number of hydrogen-bond donors (Lipinski definition) is 3. The van der Waals surface area contributed by atoms with E-state index in [4.69, 9.17) is 38.1 Å². The molecule has 0 atom stereocenters. The van der Waals surface area contributed by atoms with Crippen molar-refractivity contribution >= 4 is 56.5 Å². The Labute approximate surface area is 192 Å². The van der Waals surface area contributed by atoms with Crippen molar-refractivity contribution in [3.05, 3.63) is 69.3 Å². The van der Waals surface area contributed by atoms with Crippen molar-refractivity contribution < 1.29 is 19.1 Å². The number of rotatable bonds is 6. The molecule has 0 radical (unpaired) electrons. The molecule has 0 saturated carbocycles. The van der Waals surface area contributed by atoms with E-state index in [9.17, 15) is 4.79 Å². The largest absolute Gasteiger partial charge is 0.493 e. The van der Waals surface area contributed by atoms with Gasteiger partial charge in [0, 0.05) is 11.1 Å². The Balaban J connectivity index is 1.70. The lowest BCUT2D eigenvalue weighted by atomic mass is 10.1. The van der Waals surface area contributed by atoms with E-state index in [1.54, 1.807) is 48.5 Å². The molecule has 0 unspecified atom stereocenters. The summed E-state index contributed by atoms with van der Waals surface area (Å²) in [5, 5.41) is 15.2. The van der Waals surface area contributed by atoms with Gasteiger partial charge in [0.25, 0.3) is 5.91 Å². The van der Waals surface area contributed by atoms with Gasteiger partial charge in [0.15, 0.2) is 5.11 Å². The number of anilines is 1. The van der Waals surface area contributed by atoms with Gasteiger partial charge in [0.05, 0.1) is 21.8 Å². The van der Waals surface area contributed by atoms with Crippen LogP contribution >= 0.6 is 39.7 Å². The first kappa shape index (κ1) is 22.3. The van der Waals surface area contributed by atoms with Crippen molar-refractivity contribution in [3.63, 3.8) is 0 Å². The van der Waals surface area contributed by atoms with E-state index in [2.05, 4.69) is 26.6 Å². The zero-order valence-electron chi connectivity index (χ0n) is 15.9. The zero-order valence-corrected chi connectivity index (χ0v) is 19.0. The molecule has 0 saturated heterocycles. The third-order valence-electron chi connectivity index (χ3n) is 4.04. The highest BCUT2D eigenvalue weighted by atomic mass is 79.9. The third-order valence-corrected chi connectivity index (χ3v) is 5.19. The summed E-state index contributed by atoms with van der Waals surface area (Å²) in [6.07, 6.45) is 0. The van der Waals surface area contributed by atoms with E-state index in [1.165, 1.54) is 0 Å². The van der Waals surface area contributed by atoms with Gasteiger partial charge >= 0.3 is 0 Å². The summed E-state index contributed by atoms with van der Waals surface area (Å²) in [5.74, 6) is 1.31. The smallest absolute Gasteiger partial charge is 0.257 e. The molecule has 0 aliphatic rings. The molecule has 30 heavy (non-hydrogen) atoms. The minimum absolute atomic E-state index is 0.0968. The summed E-state index contributed by atoms with van der Waals surface area (Å²) < 4.78 is 11.7. The highest BCUT2D eigenvalue weighted by Crippen LogP contribution is 2.30. The first-order chi connectivity index (χ1) is 14.4. The molecule has 3 N–H and O–H groups in total. The molecule has 1 aromatic heterocycles. The van der Waals surface area contributed by atoms with Crippen LogP contribution in [0.5, 0.6) is 5.75 Å². The predicted octanol–water partition coefficient (Wildman–Crippen LogP) is 5.38. The maximum atomic E-state index is 12.5. The number of aliphatic hydroxyl groups is 1. The maximum Gasteiger partial charge on any atom is 0.257 e. The van der Waals surface area contributed by atoms with Gasteiger partial charge < -0.3 is 19.6 Å². The van der Waals surface area contributed by atoms with Crippen LogP contribution in [-0.2, 0) is 6.61 Å². The molecular formula is C21H18BrClN2O4S. The lowest BCUT2D eigenvalue weighted by molar-refractivity contribution is 0.0977. The highest BCUT2D eigenvalue weighted by Gasteiger charge is 2.13. The Morgan fingerprint density at radius 2 is 2.03 bits per heavy atom. The molecule has 1 heterocycles. The normalized spacial score (nSPS) is 10.5. The molecule has 2 aromatic carbocycles. The van der Waals surface area contributed by atoms with E-state index >= 15 is 0 Å². The van der Waals surface area contributed by atoms with Gasteiger partial charge in [-0.2, -0.15) is 0 Å². The Kier molecular flexibility index (Phi) is 7.49. The number of furan rings is 1. The predicted molar refractivity (Wildman–Crippen MR) is 124 cm³/mol. The van der Waals surface area contributed by atoms with Crippen molar-refractivity contribution in [3.8, 4) is 17.1 Å². The van der Waals surface area contributed by atoms with Crippen LogP contribution in [0.3, 0.4) is 0 Å². The molecule has 0 aliphatic heterocycles. The van der Waals surface area contributed by atoms with Crippen LogP contribution in [0, 0.1) is 0 Å². The van der Waals surface area contributed by atoms with Crippen molar-refractivity contribution in [2.75, 3.05) is 11.9 Å². The number of carbonyl (C=O) groups excluding carboxylic acids is 1. The Morgan fingerprint density at radius 1 is 1.23 bits per heavy atom. The van der Waals surface area contributed by atoms with Gasteiger partial charge in [-0.3, -0.25) is 10.1 Å². The van der Waals surface area contributed by atoms with Crippen molar-refractivity contribution in [1.82, 2.24) is 5.32 Å². The number of halogens is 2. The third kappa shape index (κ3) is 5.40. The maximum absolute atomic E-state index is 12.5. The molecular weight excluding hydrogens is 492 g/mol. The van der Waals surface area contributed by atoms with Crippen LogP contribution in [0.25, 0.3) is 11.3 Å². The number of thiocarbonyl (C=S) groups is 1. The SMILES string of the molecule is CCOc1ccc(C(=O)NC(=S)Nc2cc(-c3ccc(CO)o3)ccc2Cl)cc1Br. The minimum atomic E-state index is -0.373. The van der Waals surface area contributed by atoms with E-state index < -0.39 is 0 Å². The van der Waals surface area contributed by atoms with Crippen LogP contribution in [-0.4, -0.2) is 22.7 Å². The molecule has 156 valence electrons. The van der Waals surface area contributed by atoms with E-state index in [-0.39, 0.29) is 17.6 Å². The fourth-order valence-corrected chi connectivity index (χ4v) is 3.50. The molecule has 0 spiro atoms. The van der Waals surface area contributed by atoms with E-state index in [0.29, 0.717) is 44.6 Å². The van der Waals surface area contributed by atoms with Gasteiger partial charge in [-0.15, -0.1) is 0 Å². The van der Waals surface area contributed by atoms with Crippen LogP contribution in [0.2, 0.25) is 5.02 Å². The minimum Gasteiger partial charge on any atom is -0.493 e. The van der Waals surface area contributed by atoms with Crippen molar-refractivity contribution in [1.29, 1.82) is 0 Å². The molecule has 3 aromatic rings. The number of ether oxygens (including phenoxy) is 1. The van der Waals surface area contributed by atoms with Crippen molar-refractivity contribution in [2.45, 2.75) is 13.5 Å². The van der Waals surface area contributed by atoms with Gasteiger partial charge in [0.2, 0.25) is 0 Å². The zero-order chi connectivity index (χ0) is 21.7. The summed E-state index contributed by atoms with van der Waals surface area (Å²) in [4.78, 5) is 12.5. The molecule has 0 aliphatic carbocycles. The summed E-state index contributed by atoms with van der Waals surface area (Å²) in [7, 11) is 0. The van der Waals surface area contributed by atoms with E-state index in [0.717, 1.165) is 5.56 Å². The monoisotopic (exact) mass is 508 g/mol. The fraction of sp³-hybridized carbons (Fsp3) is 0.143. The van der Waals surface area contributed by atoms with Gasteiger partial charge in [-0.1, -0.05) is 11.6 Å². The number of hydrogen-bond acceptors (Lipinski definition) is 5. The molecule has 1 amide bonds. The fourth-order valence-electron chi connectivity index (χ4n) is 2.64. The van der Waals surface area contributed by atoms with Crippen LogP contribution < -0.4 is 15.4 Å². The number of benzene rings is 2. The molecule has 0 fully saturated rings. The van der Waals surface area contributed by atoms with Gasteiger partial charge in [-0.25, -0.2) is 0 Å². The Hall–Kier alpha value is -2.39. The summed E-state index contributed by atoms with van der Waals surface area (Å²) in [6, 6.07) is 13.7. The Morgan fingerprint density at radius 3 is 2.70 bits per heavy atom. The van der Waals surface area contributed by atoms with Crippen LogP contribution in [0.1, 0.15) is 23.0 Å².